The van der Waals surface area contributed by atoms with Crippen molar-refractivity contribution in [2.24, 2.45) is 11.1 Å². The number of nitrogens with zero attached hydrogens (tertiary/aromatic N) is 1. The summed E-state index contributed by atoms with van der Waals surface area (Å²) in [6.07, 6.45) is 15.3. The molecule has 1 aliphatic rings. The lowest BCUT2D eigenvalue weighted by atomic mass is 9.95. The number of hydrogen-bond acceptors (Lipinski definition) is 3. The van der Waals surface area contributed by atoms with Crippen LogP contribution in [0.25, 0.3) is 0 Å². The molecule has 0 saturated carbocycles. The molecule has 2 unspecified atom stereocenters. The van der Waals surface area contributed by atoms with Gasteiger partial charge in [0, 0.05) is 12.8 Å². The van der Waals surface area contributed by atoms with Crippen molar-refractivity contribution in [3.8, 4) is 0 Å². The van der Waals surface area contributed by atoms with E-state index in [0.717, 1.165) is 25.7 Å². The van der Waals surface area contributed by atoms with E-state index in [1.807, 2.05) is 13.8 Å². The van der Waals surface area contributed by atoms with Gasteiger partial charge in [-0.05, 0) is 18.8 Å². The lowest BCUT2D eigenvalue weighted by Gasteiger charge is -2.24. The van der Waals surface area contributed by atoms with E-state index < -0.39 is 12.6 Å². The van der Waals surface area contributed by atoms with Crippen LogP contribution >= 0.6 is 0 Å². The Balaban J connectivity index is -0.000000502. The standard InChI is InChI=1S/C15H29NO2.C9H20.C3H5F3.C2H6/c1-4-7-8-9-10-13(5-2)11-15-16-17-12-14(6-3)18-15;1-3-5-7-9-8-6-4-2;1-2-3(4,5)6;1-2/h13-14H,4-12H2,1-3H3;3-9H2,1-2H3;2H2,1H3;1-2H3. The van der Waals surface area contributed by atoms with Gasteiger partial charge in [-0.15, -0.1) is 0 Å². The molecular weight excluding hydrogens is 451 g/mol. The molecule has 2 atom stereocenters. The van der Waals surface area contributed by atoms with Gasteiger partial charge in [-0.25, -0.2) is 0 Å². The molecule has 0 bridgehead atoms. The fraction of sp³-hybridized carbons (Fsp3) is 0.966. The molecule has 0 aromatic carbocycles. The fourth-order valence-corrected chi connectivity index (χ4v) is 3.31. The summed E-state index contributed by atoms with van der Waals surface area (Å²) < 4.78 is 38.2. The highest BCUT2D eigenvalue weighted by Crippen LogP contribution is 2.21. The lowest BCUT2D eigenvalue weighted by Crippen LogP contribution is -2.28. The van der Waals surface area contributed by atoms with Crippen LogP contribution in [-0.4, -0.2) is 24.8 Å². The highest BCUT2D eigenvalue weighted by molar-refractivity contribution is 5.76. The summed E-state index contributed by atoms with van der Waals surface area (Å²) in [5.41, 5.74) is 0. The molecule has 1 heterocycles. The zero-order chi connectivity index (χ0) is 27.4. The van der Waals surface area contributed by atoms with Crippen LogP contribution in [0.5, 0.6) is 0 Å². The van der Waals surface area contributed by atoms with E-state index in [1.165, 1.54) is 83.5 Å². The molecule has 6 heteroatoms. The summed E-state index contributed by atoms with van der Waals surface area (Å²) in [4.78, 5) is 5.24. The second-order valence-corrected chi connectivity index (χ2v) is 8.99. The molecule has 1 aliphatic heterocycles. The minimum absolute atomic E-state index is 0.204. The van der Waals surface area contributed by atoms with Crippen molar-refractivity contribution in [2.75, 3.05) is 6.61 Å². The van der Waals surface area contributed by atoms with E-state index in [4.69, 9.17) is 9.57 Å². The van der Waals surface area contributed by atoms with Gasteiger partial charge in [0.2, 0.25) is 5.90 Å². The Morgan fingerprint density at radius 3 is 1.66 bits per heavy atom. The van der Waals surface area contributed by atoms with Gasteiger partial charge in [-0.1, -0.05) is 138 Å². The topological polar surface area (TPSA) is 30.8 Å². The van der Waals surface area contributed by atoms with Crippen molar-refractivity contribution in [1.29, 1.82) is 0 Å². The monoisotopic (exact) mass is 511 g/mol. The van der Waals surface area contributed by atoms with E-state index in [0.29, 0.717) is 12.5 Å². The van der Waals surface area contributed by atoms with Crippen molar-refractivity contribution in [1.82, 2.24) is 0 Å². The number of hydrogen-bond donors (Lipinski definition) is 0. The molecule has 0 spiro atoms. The molecule has 3 nitrogen and oxygen atoms in total. The van der Waals surface area contributed by atoms with Crippen molar-refractivity contribution in [3.05, 3.63) is 0 Å². The molecule has 0 aromatic rings. The molecular formula is C29H60F3NO2. The van der Waals surface area contributed by atoms with Crippen LogP contribution in [0.4, 0.5) is 13.2 Å². The van der Waals surface area contributed by atoms with E-state index in [-0.39, 0.29) is 6.10 Å². The zero-order valence-corrected chi connectivity index (χ0v) is 24.6. The predicted octanol–water partition coefficient (Wildman–Crippen LogP) is 11.3. The maximum absolute atomic E-state index is 10.8. The van der Waals surface area contributed by atoms with Crippen LogP contribution in [0.2, 0.25) is 0 Å². The van der Waals surface area contributed by atoms with E-state index in [1.54, 1.807) is 0 Å². The van der Waals surface area contributed by atoms with Gasteiger partial charge < -0.3 is 9.57 Å². The van der Waals surface area contributed by atoms with Crippen molar-refractivity contribution < 1.29 is 22.7 Å². The second-order valence-electron chi connectivity index (χ2n) is 8.99. The Bertz CT molecular complexity index is 423. The number of unbranched alkanes of at least 4 members (excludes halogenated alkanes) is 9. The van der Waals surface area contributed by atoms with Crippen LogP contribution < -0.4 is 0 Å². The molecule has 35 heavy (non-hydrogen) atoms. The Labute approximate surface area is 217 Å². The minimum Gasteiger partial charge on any atom is -0.472 e. The van der Waals surface area contributed by atoms with Gasteiger partial charge in [0.15, 0.2) is 6.61 Å². The molecule has 0 saturated heterocycles. The normalized spacial score (nSPS) is 15.5. The van der Waals surface area contributed by atoms with Crippen LogP contribution in [0.1, 0.15) is 158 Å². The maximum Gasteiger partial charge on any atom is 0.388 e. The second kappa shape index (κ2) is 29.3. The number of alkyl halides is 3. The lowest BCUT2D eigenvalue weighted by molar-refractivity contribution is -0.130. The Kier molecular flexibility index (Phi) is 32.3. The molecule has 214 valence electrons. The zero-order valence-electron chi connectivity index (χ0n) is 24.6. The number of ether oxygens (including phenoxy) is 1. The molecule has 0 N–H and O–H groups in total. The van der Waals surface area contributed by atoms with Crippen molar-refractivity contribution in [2.45, 2.75) is 170 Å². The molecule has 0 radical (unpaired) electrons. The van der Waals surface area contributed by atoms with Crippen LogP contribution in [0.3, 0.4) is 0 Å². The predicted molar refractivity (Wildman–Crippen MR) is 147 cm³/mol. The Morgan fingerprint density at radius 1 is 0.800 bits per heavy atom. The van der Waals surface area contributed by atoms with E-state index in [9.17, 15) is 13.2 Å². The third-order valence-electron chi connectivity index (χ3n) is 5.80. The van der Waals surface area contributed by atoms with Crippen LogP contribution in [-0.2, 0) is 9.57 Å². The van der Waals surface area contributed by atoms with E-state index >= 15 is 0 Å². The number of halogens is 3. The highest BCUT2D eigenvalue weighted by atomic mass is 19.4. The van der Waals surface area contributed by atoms with Gasteiger partial charge in [-0.3, -0.25) is 0 Å². The number of oxime groups is 1. The quantitative estimate of drug-likeness (QED) is 0.205. The first kappa shape index (κ1) is 38.6. The van der Waals surface area contributed by atoms with Crippen molar-refractivity contribution >= 4 is 5.90 Å². The van der Waals surface area contributed by atoms with E-state index in [2.05, 4.69) is 39.8 Å². The van der Waals surface area contributed by atoms with Gasteiger partial charge in [0.1, 0.15) is 6.10 Å². The maximum atomic E-state index is 10.8. The largest absolute Gasteiger partial charge is 0.472 e. The first-order valence-electron chi connectivity index (χ1n) is 14.7. The van der Waals surface area contributed by atoms with Gasteiger partial charge in [0.05, 0.1) is 0 Å². The van der Waals surface area contributed by atoms with Crippen molar-refractivity contribution in [3.63, 3.8) is 0 Å². The molecule has 0 aliphatic carbocycles. The first-order chi connectivity index (χ1) is 16.8. The Hall–Kier alpha value is -0.940. The first-order valence-corrected chi connectivity index (χ1v) is 14.7. The number of rotatable bonds is 15. The summed E-state index contributed by atoms with van der Waals surface area (Å²) >= 11 is 0. The summed E-state index contributed by atoms with van der Waals surface area (Å²) in [7, 11) is 0. The fourth-order valence-electron chi connectivity index (χ4n) is 3.31. The third kappa shape index (κ3) is 31.0. The van der Waals surface area contributed by atoms with Crippen LogP contribution in [0, 0.1) is 5.92 Å². The summed E-state index contributed by atoms with van der Waals surface area (Å²) in [6.45, 7) is 16.8. The summed E-state index contributed by atoms with van der Waals surface area (Å²) in [5.74, 6) is 1.51. The highest BCUT2D eigenvalue weighted by Gasteiger charge is 2.22. The average molecular weight is 512 g/mol. The molecule has 0 fully saturated rings. The minimum atomic E-state index is -3.96. The molecule has 0 aromatic heterocycles. The average Bonchev–Trinajstić information content (AvgIpc) is 2.87. The van der Waals surface area contributed by atoms with Crippen LogP contribution in [0.15, 0.2) is 5.16 Å². The van der Waals surface area contributed by atoms with Gasteiger partial charge in [-0.2, -0.15) is 13.2 Å². The summed E-state index contributed by atoms with van der Waals surface area (Å²) in [6, 6.07) is 0. The third-order valence-corrected chi connectivity index (χ3v) is 5.80. The molecule has 0 amide bonds. The smallest absolute Gasteiger partial charge is 0.388 e. The summed E-state index contributed by atoms with van der Waals surface area (Å²) in [5, 5.41) is 4.05. The van der Waals surface area contributed by atoms with Gasteiger partial charge >= 0.3 is 6.18 Å². The van der Waals surface area contributed by atoms with Gasteiger partial charge in [0.25, 0.3) is 0 Å². The SMILES string of the molecule is CC.CCC(F)(F)F.CCCCCCC(CC)CC1=NOCC(CC)O1.CCCCCCCCC. The Morgan fingerprint density at radius 2 is 1.26 bits per heavy atom. The molecule has 1 rings (SSSR count).